The van der Waals surface area contributed by atoms with E-state index in [4.69, 9.17) is 4.74 Å². The van der Waals surface area contributed by atoms with Crippen molar-refractivity contribution in [2.24, 2.45) is 0 Å². The summed E-state index contributed by atoms with van der Waals surface area (Å²) in [5.41, 5.74) is 1.91. The van der Waals surface area contributed by atoms with E-state index in [1.54, 1.807) is 18.4 Å². The molecule has 152 valence electrons. The van der Waals surface area contributed by atoms with E-state index in [2.05, 4.69) is 21.3 Å². The van der Waals surface area contributed by atoms with E-state index in [0.29, 0.717) is 11.4 Å². The first-order valence-electron chi connectivity index (χ1n) is 9.84. The Morgan fingerprint density at radius 1 is 1.24 bits per heavy atom. The first-order valence-corrected chi connectivity index (χ1v) is 11.5. The van der Waals surface area contributed by atoms with Gasteiger partial charge in [-0.2, -0.15) is 0 Å². The smallest absolute Gasteiger partial charge is 0.263 e. The summed E-state index contributed by atoms with van der Waals surface area (Å²) in [5, 5.41) is 6.10. The zero-order chi connectivity index (χ0) is 20.2. The lowest BCUT2D eigenvalue weighted by molar-refractivity contribution is 0.0940. The lowest BCUT2D eigenvalue weighted by Crippen LogP contribution is -2.37. The van der Waals surface area contributed by atoms with Gasteiger partial charge in [0.05, 0.1) is 23.7 Å². The number of aromatic nitrogens is 1. The number of thiophene rings is 1. The molecule has 0 radical (unpaired) electrons. The summed E-state index contributed by atoms with van der Waals surface area (Å²) in [5.74, 6) is 0.814. The molecule has 5 nitrogen and oxygen atoms in total. The average Bonchev–Trinajstić information content (AvgIpc) is 3.50. The number of para-hydroxylation sites is 1. The van der Waals surface area contributed by atoms with Crippen LogP contribution in [0.1, 0.15) is 39.8 Å². The number of ether oxygens (including phenoxy) is 1. The SMILES string of the molecule is COc1ccccc1[C@@H](CNC(=O)c1sc(-c2cccs2)nc1C)N1CCCC1. The van der Waals surface area contributed by atoms with Gasteiger partial charge in [-0.3, -0.25) is 9.69 Å². The Bertz CT molecular complexity index is 962. The van der Waals surface area contributed by atoms with Crippen LogP contribution >= 0.6 is 22.7 Å². The van der Waals surface area contributed by atoms with Gasteiger partial charge >= 0.3 is 0 Å². The average molecular weight is 428 g/mol. The molecule has 3 heterocycles. The standard InChI is InChI=1S/C22H25N3O2S2/c1-15-20(29-22(24-15)19-10-7-13-28-19)21(26)23-14-17(25-11-5-6-12-25)16-8-3-4-9-18(16)27-2/h3-4,7-10,13,17H,5-6,11-12,14H2,1-2H3,(H,23,26)/t17-/m1/s1. The molecule has 29 heavy (non-hydrogen) atoms. The van der Waals surface area contributed by atoms with E-state index in [0.717, 1.165) is 40.0 Å². The molecule has 0 spiro atoms. The molecule has 1 atom stereocenters. The normalized spacial score (nSPS) is 15.4. The van der Waals surface area contributed by atoms with Gasteiger partial charge in [-0.05, 0) is 50.4 Å². The fraction of sp³-hybridized carbons (Fsp3) is 0.364. The molecule has 1 aliphatic rings. The van der Waals surface area contributed by atoms with E-state index in [9.17, 15) is 4.79 Å². The molecule has 7 heteroatoms. The number of nitrogens with zero attached hydrogens (tertiary/aromatic N) is 2. The van der Waals surface area contributed by atoms with E-state index >= 15 is 0 Å². The Morgan fingerprint density at radius 2 is 2.03 bits per heavy atom. The van der Waals surface area contributed by atoms with Crippen LogP contribution in [0.2, 0.25) is 0 Å². The highest BCUT2D eigenvalue weighted by Gasteiger charge is 2.27. The monoisotopic (exact) mass is 427 g/mol. The second kappa shape index (κ2) is 9.07. The van der Waals surface area contributed by atoms with Crippen molar-refractivity contribution in [3.05, 3.63) is 57.9 Å². The van der Waals surface area contributed by atoms with Gasteiger partial charge in [0.25, 0.3) is 5.91 Å². The van der Waals surface area contributed by atoms with Crippen molar-refractivity contribution in [1.29, 1.82) is 0 Å². The number of carbonyl (C=O) groups excluding carboxylic acids is 1. The molecular weight excluding hydrogens is 402 g/mol. The molecule has 3 aromatic rings. The highest BCUT2D eigenvalue weighted by molar-refractivity contribution is 7.22. The van der Waals surface area contributed by atoms with Crippen LogP contribution in [-0.2, 0) is 0 Å². The molecule has 0 aliphatic carbocycles. The minimum atomic E-state index is -0.0538. The molecule has 1 aliphatic heterocycles. The van der Waals surface area contributed by atoms with Gasteiger partial charge < -0.3 is 10.1 Å². The first-order chi connectivity index (χ1) is 14.2. The highest BCUT2D eigenvalue weighted by atomic mass is 32.1. The number of likely N-dealkylation sites (tertiary alicyclic amines) is 1. The van der Waals surface area contributed by atoms with Crippen molar-refractivity contribution in [2.45, 2.75) is 25.8 Å². The lowest BCUT2D eigenvalue weighted by atomic mass is 10.0. The van der Waals surface area contributed by atoms with Crippen LogP contribution in [0.4, 0.5) is 0 Å². The third-order valence-electron chi connectivity index (χ3n) is 5.27. The Balaban J connectivity index is 1.52. The maximum absolute atomic E-state index is 13.0. The molecule has 0 unspecified atom stereocenters. The van der Waals surface area contributed by atoms with Crippen LogP contribution in [0.5, 0.6) is 5.75 Å². The van der Waals surface area contributed by atoms with Crippen molar-refractivity contribution in [1.82, 2.24) is 15.2 Å². The van der Waals surface area contributed by atoms with Gasteiger partial charge in [-0.15, -0.1) is 22.7 Å². The Labute approximate surface area is 179 Å². The molecular formula is C22H25N3O2S2. The highest BCUT2D eigenvalue weighted by Crippen LogP contribution is 2.33. The molecule has 1 N–H and O–H groups in total. The summed E-state index contributed by atoms with van der Waals surface area (Å²) in [6, 6.07) is 12.2. The second-order valence-corrected chi connectivity index (χ2v) is 9.07. The number of methoxy groups -OCH3 is 1. The van der Waals surface area contributed by atoms with Crippen molar-refractivity contribution in [2.75, 3.05) is 26.7 Å². The fourth-order valence-electron chi connectivity index (χ4n) is 3.81. The molecule has 0 saturated carbocycles. The second-order valence-electron chi connectivity index (χ2n) is 7.12. The summed E-state index contributed by atoms with van der Waals surface area (Å²) in [6.45, 7) is 4.53. The van der Waals surface area contributed by atoms with E-state index in [-0.39, 0.29) is 11.9 Å². The number of thiazole rings is 1. The van der Waals surface area contributed by atoms with Gasteiger partial charge in [0, 0.05) is 12.1 Å². The number of rotatable bonds is 7. The number of amides is 1. The topological polar surface area (TPSA) is 54.5 Å². The number of hydrogen-bond acceptors (Lipinski definition) is 6. The molecule has 1 amide bonds. The third-order valence-corrected chi connectivity index (χ3v) is 7.47. The van der Waals surface area contributed by atoms with Gasteiger partial charge in [0.1, 0.15) is 15.6 Å². The van der Waals surface area contributed by atoms with E-state index in [1.807, 2.05) is 42.6 Å². The van der Waals surface area contributed by atoms with Gasteiger partial charge in [0.15, 0.2) is 0 Å². The maximum atomic E-state index is 13.0. The molecule has 1 saturated heterocycles. The summed E-state index contributed by atoms with van der Waals surface area (Å²) in [7, 11) is 1.70. The zero-order valence-corrected chi connectivity index (χ0v) is 18.3. The first kappa shape index (κ1) is 20.1. The van der Waals surface area contributed by atoms with Crippen molar-refractivity contribution in [3.63, 3.8) is 0 Å². The van der Waals surface area contributed by atoms with E-state index in [1.165, 1.54) is 24.2 Å². The van der Waals surface area contributed by atoms with Crippen molar-refractivity contribution in [3.8, 4) is 15.6 Å². The molecule has 2 aromatic heterocycles. The zero-order valence-electron chi connectivity index (χ0n) is 16.7. The van der Waals surface area contributed by atoms with Crippen molar-refractivity contribution < 1.29 is 9.53 Å². The maximum Gasteiger partial charge on any atom is 0.263 e. The molecule has 1 fully saturated rings. The molecule has 0 bridgehead atoms. The summed E-state index contributed by atoms with van der Waals surface area (Å²) < 4.78 is 5.59. The van der Waals surface area contributed by atoms with E-state index < -0.39 is 0 Å². The number of benzene rings is 1. The quantitative estimate of drug-likeness (QED) is 0.591. The lowest BCUT2D eigenvalue weighted by Gasteiger charge is -2.29. The van der Waals surface area contributed by atoms with Gasteiger partial charge in [-0.25, -0.2) is 4.98 Å². The molecule has 4 rings (SSSR count). The van der Waals surface area contributed by atoms with Crippen LogP contribution in [0.25, 0.3) is 9.88 Å². The molecule has 1 aromatic carbocycles. The van der Waals surface area contributed by atoms with Crippen molar-refractivity contribution >= 4 is 28.6 Å². The summed E-state index contributed by atoms with van der Waals surface area (Å²) >= 11 is 3.10. The third kappa shape index (κ3) is 4.37. The number of hydrogen-bond donors (Lipinski definition) is 1. The van der Waals surface area contributed by atoms with Crippen LogP contribution in [-0.4, -0.2) is 42.5 Å². The van der Waals surface area contributed by atoms with Gasteiger partial charge in [0.2, 0.25) is 0 Å². The van der Waals surface area contributed by atoms with Crippen LogP contribution in [0.3, 0.4) is 0 Å². The Kier molecular flexibility index (Phi) is 6.28. The van der Waals surface area contributed by atoms with Gasteiger partial charge in [-0.1, -0.05) is 24.3 Å². The minimum absolute atomic E-state index is 0.0538. The minimum Gasteiger partial charge on any atom is -0.496 e. The van der Waals surface area contributed by atoms with Crippen LogP contribution in [0.15, 0.2) is 41.8 Å². The number of carbonyl (C=O) groups is 1. The largest absolute Gasteiger partial charge is 0.496 e. The number of aryl methyl sites for hydroxylation is 1. The Hall–Kier alpha value is -2.22. The predicted molar refractivity (Wildman–Crippen MR) is 119 cm³/mol. The summed E-state index contributed by atoms with van der Waals surface area (Å²) in [6.07, 6.45) is 2.38. The Morgan fingerprint density at radius 3 is 2.76 bits per heavy atom. The van der Waals surface area contributed by atoms with Crippen LogP contribution < -0.4 is 10.1 Å². The fourth-order valence-corrected chi connectivity index (χ4v) is 5.59. The predicted octanol–water partition coefficient (Wildman–Crippen LogP) is 4.76. The number of nitrogens with one attached hydrogen (secondary N) is 1. The van der Waals surface area contributed by atoms with Crippen LogP contribution in [0, 0.1) is 6.92 Å². The summed E-state index contributed by atoms with van der Waals surface area (Å²) in [4.78, 5) is 21.8.